The van der Waals surface area contributed by atoms with Gasteiger partial charge in [-0.3, -0.25) is 9.48 Å². The third-order valence-corrected chi connectivity index (χ3v) is 4.64. The van der Waals surface area contributed by atoms with Gasteiger partial charge in [-0.15, -0.1) is 0 Å². The molecule has 30 heavy (non-hydrogen) atoms. The maximum Gasteiger partial charge on any atom is 0.285 e. The first-order valence-corrected chi connectivity index (χ1v) is 9.02. The van der Waals surface area contributed by atoms with Gasteiger partial charge in [-0.2, -0.15) is 15.2 Å². The summed E-state index contributed by atoms with van der Waals surface area (Å²) >= 11 is 0. The lowest BCUT2D eigenvalue weighted by Crippen LogP contribution is -2.49. The Balaban J connectivity index is 1.46. The number of aryl methyl sites for hydroxylation is 1. The van der Waals surface area contributed by atoms with Crippen molar-refractivity contribution in [3.63, 3.8) is 0 Å². The molecule has 4 rings (SSSR count). The van der Waals surface area contributed by atoms with Gasteiger partial charge in [0.2, 0.25) is 5.95 Å². The molecular formula is C19H19FN8O2. The lowest BCUT2D eigenvalue weighted by atomic mass is 10.1. The number of carbonyl (C=O) groups excluding carboxylic acids is 1. The highest BCUT2D eigenvalue weighted by Crippen LogP contribution is 2.32. The number of rotatable bonds is 6. The maximum absolute atomic E-state index is 14.4. The van der Waals surface area contributed by atoms with E-state index < -0.39 is 11.6 Å². The molecule has 2 aromatic heterocycles. The minimum atomic E-state index is -1.82. The molecule has 0 saturated heterocycles. The van der Waals surface area contributed by atoms with E-state index in [4.69, 9.17) is 10.5 Å². The number of ether oxygens (including phenoxy) is 1. The summed E-state index contributed by atoms with van der Waals surface area (Å²) in [7, 11) is 1.82. The van der Waals surface area contributed by atoms with Crippen LogP contribution < -0.4 is 11.1 Å². The predicted molar refractivity (Wildman–Crippen MR) is 105 cm³/mol. The van der Waals surface area contributed by atoms with Gasteiger partial charge in [0.05, 0.1) is 17.6 Å². The molecule has 1 amide bonds. The Morgan fingerprint density at radius 3 is 2.70 bits per heavy atom. The van der Waals surface area contributed by atoms with Crippen LogP contribution in [0.3, 0.4) is 0 Å². The molecule has 0 fully saturated rings. The number of nitrogens with one attached hydrogen (secondary N) is 1. The van der Waals surface area contributed by atoms with Gasteiger partial charge in [0.1, 0.15) is 12.6 Å². The van der Waals surface area contributed by atoms with Gasteiger partial charge >= 0.3 is 0 Å². The molecule has 154 valence electrons. The van der Waals surface area contributed by atoms with Gasteiger partial charge < -0.3 is 15.8 Å². The van der Waals surface area contributed by atoms with Crippen LogP contribution in [0.4, 0.5) is 16.1 Å². The molecule has 0 radical (unpaired) electrons. The smallest absolute Gasteiger partial charge is 0.285 e. The number of halogens is 1. The highest BCUT2D eigenvalue weighted by Gasteiger charge is 2.46. The van der Waals surface area contributed by atoms with Crippen molar-refractivity contribution < 1.29 is 14.0 Å². The molecular weight excluding hydrogens is 391 g/mol. The molecule has 0 bridgehead atoms. The van der Waals surface area contributed by atoms with Crippen molar-refractivity contribution >= 4 is 17.5 Å². The van der Waals surface area contributed by atoms with Gasteiger partial charge in [-0.25, -0.2) is 9.97 Å². The van der Waals surface area contributed by atoms with Crippen molar-refractivity contribution in [2.24, 2.45) is 12.8 Å². The molecule has 3 N–H and O–H groups in total. The van der Waals surface area contributed by atoms with E-state index >= 15 is 0 Å². The highest BCUT2D eigenvalue weighted by atomic mass is 19.2. The number of carbonyl (C=O) groups is 1. The van der Waals surface area contributed by atoms with Gasteiger partial charge in [0.15, 0.2) is 5.82 Å². The van der Waals surface area contributed by atoms with E-state index in [0.717, 1.165) is 16.8 Å². The molecule has 11 heteroatoms. The summed E-state index contributed by atoms with van der Waals surface area (Å²) in [5.74, 6) is -0.0268. The summed E-state index contributed by atoms with van der Waals surface area (Å²) in [6, 6.07) is 7.29. The van der Waals surface area contributed by atoms with Gasteiger partial charge in [0, 0.05) is 32.2 Å². The van der Waals surface area contributed by atoms with Crippen LogP contribution in [0, 0.1) is 0 Å². The number of primary amides is 1. The quantitative estimate of drug-likeness (QED) is 0.590. The van der Waals surface area contributed by atoms with Crippen molar-refractivity contribution in [2.75, 3.05) is 5.32 Å². The molecule has 10 nitrogen and oxygen atoms in total. The van der Waals surface area contributed by atoms with E-state index in [2.05, 4.69) is 25.4 Å². The van der Waals surface area contributed by atoms with Crippen molar-refractivity contribution in [3.8, 4) is 11.4 Å². The van der Waals surface area contributed by atoms with Crippen molar-refractivity contribution in [3.05, 3.63) is 60.5 Å². The minimum absolute atomic E-state index is 0.201. The number of nitrogens with zero attached hydrogens (tertiary/aromatic N) is 6. The third-order valence-electron chi connectivity index (χ3n) is 4.64. The second kappa shape index (κ2) is 7.43. The number of hydrogen-bond donors (Lipinski definition) is 2. The Morgan fingerprint density at radius 2 is 2.07 bits per heavy atom. The van der Waals surface area contributed by atoms with Crippen molar-refractivity contribution in [2.45, 2.75) is 19.1 Å². The molecule has 0 saturated carbocycles. The second-order valence-electron chi connectivity index (χ2n) is 6.89. The fourth-order valence-corrected chi connectivity index (χ4v) is 2.91. The van der Waals surface area contributed by atoms with Crippen molar-refractivity contribution in [1.82, 2.24) is 29.9 Å². The highest BCUT2D eigenvalue weighted by molar-refractivity contribution is 5.83. The number of anilines is 2. The Kier molecular flexibility index (Phi) is 4.78. The first-order chi connectivity index (χ1) is 14.3. The van der Waals surface area contributed by atoms with Crippen LogP contribution >= 0.6 is 0 Å². The first-order valence-electron chi connectivity index (χ1n) is 9.02. The zero-order valence-electron chi connectivity index (χ0n) is 16.3. The number of hydrogen-bond acceptors (Lipinski definition) is 8. The number of amides is 1. The van der Waals surface area contributed by atoms with Crippen LogP contribution in [0.1, 0.15) is 12.5 Å². The van der Waals surface area contributed by atoms with Crippen LogP contribution in [-0.4, -0.2) is 41.5 Å². The third kappa shape index (κ3) is 3.64. The van der Waals surface area contributed by atoms with E-state index in [-0.39, 0.29) is 17.2 Å². The van der Waals surface area contributed by atoms with Gasteiger partial charge in [-0.05, 0) is 5.56 Å². The minimum Gasteiger partial charge on any atom is -0.462 e. The van der Waals surface area contributed by atoms with Crippen LogP contribution in [0.2, 0.25) is 0 Å². The number of aromatic nitrogens is 5. The molecule has 3 aromatic rings. The largest absolute Gasteiger partial charge is 0.462 e. The average molecular weight is 410 g/mol. The van der Waals surface area contributed by atoms with E-state index in [1.807, 2.05) is 31.3 Å². The van der Waals surface area contributed by atoms with Crippen LogP contribution in [0.25, 0.3) is 11.4 Å². The van der Waals surface area contributed by atoms with E-state index in [0.29, 0.717) is 11.8 Å². The molecule has 0 aliphatic carbocycles. The summed E-state index contributed by atoms with van der Waals surface area (Å²) < 4.78 is 21.2. The van der Waals surface area contributed by atoms with E-state index in [1.165, 1.54) is 19.5 Å². The number of benzene rings is 1. The Morgan fingerprint density at radius 1 is 1.30 bits per heavy atom. The lowest BCUT2D eigenvalue weighted by Gasteiger charge is -2.25. The van der Waals surface area contributed by atoms with Crippen LogP contribution in [-0.2, 0) is 23.0 Å². The molecule has 0 spiro atoms. The molecule has 1 aromatic carbocycles. The van der Waals surface area contributed by atoms with E-state index in [1.54, 1.807) is 17.1 Å². The zero-order valence-corrected chi connectivity index (χ0v) is 16.3. The fraction of sp³-hybridized carbons (Fsp3) is 0.211. The predicted octanol–water partition coefficient (Wildman–Crippen LogP) is 1.82. The fourth-order valence-electron chi connectivity index (χ4n) is 2.91. The number of nitrogens with two attached hydrogens (primary N) is 1. The van der Waals surface area contributed by atoms with Crippen molar-refractivity contribution in [1.29, 1.82) is 0 Å². The molecule has 1 atom stereocenters. The standard InChI is InChI=1S/C19H19FN8O2/c1-19(17(21)29)28(20)15(10-30-19)7-12-3-5-13(6-4-12)16-22-11-23-18(26-16)25-14-8-24-27(2)9-14/h3-6,8-11H,7H2,1-2H3,(H2,21,29)(H,22,23,25,26). The van der Waals surface area contributed by atoms with E-state index in [9.17, 15) is 9.28 Å². The summed E-state index contributed by atoms with van der Waals surface area (Å²) in [6.07, 6.45) is 6.32. The van der Waals surface area contributed by atoms with Crippen LogP contribution in [0.15, 0.2) is 54.9 Å². The molecule has 1 unspecified atom stereocenters. The van der Waals surface area contributed by atoms with Gasteiger partial charge in [0.25, 0.3) is 11.6 Å². The monoisotopic (exact) mass is 410 g/mol. The molecule has 1 aliphatic heterocycles. The first kappa shape index (κ1) is 19.3. The lowest BCUT2D eigenvalue weighted by molar-refractivity contribution is -0.172. The second-order valence-corrected chi connectivity index (χ2v) is 6.89. The number of allylic oxidation sites excluding steroid dienone is 1. The zero-order chi connectivity index (χ0) is 21.3. The molecule has 3 heterocycles. The Hall–Kier alpha value is -4.02. The summed E-state index contributed by atoms with van der Waals surface area (Å²) in [5, 5.41) is 7.40. The Labute approximate surface area is 171 Å². The van der Waals surface area contributed by atoms with Crippen LogP contribution in [0.5, 0.6) is 0 Å². The maximum atomic E-state index is 14.4. The van der Waals surface area contributed by atoms with Gasteiger partial charge in [-0.1, -0.05) is 28.7 Å². The normalized spacial score (nSPS) is 18.1. The topological polar surface area (TPSA) is 124 Å². The summed E-state index contributed by atoms with van der Waals surface area (Å²) in [4.78, 5) is 24.2. The molecule has 1 aliphatic rings. The average Bonchev–Trinajstić information content (AvgIpc) is 3.27. The Bertz CT molecular complexity index is 1110. The summed E-state index contributed by atoms with van der Waals surface area (Å²) in [5.41, 5.74) is 5.94. The summed E-state index contributed by atoms with van der Waals surface area (Å²) in [6.45, 7) is 1.28. The SMILES string of the molecule is Cn1cc(Nc2ncnc(-c3ccc(CC4=COC(C)(C(N)=O)N4F)cc3)n2)cn1.